The number of methoxy groups -OCH3 is 1. The minimum Gasteiger partial charge on any atom is -0.381 e. The minimum atomic E-state index is -0.243. The van der Waals surface area contributed by atoms with E-state index >= 15 is 0 Å². The van der Waals surface area contributed by atoms with Crippen molar-refractivity contribution in [3.05, 3.63) is 0 Å². The molecule has 2 aliphatic heterocycles. The van der Waals surface area contributed by atoms with Gasteiger partial charge in [0.1, 0.15) is 0 Å². The number of nitrogens with zero attached hydrogens (tertiary/aromatic N) is 1. The summed E-state index contributed by atoms with van der Waals surface area (Å²) in [6.45, 7) is 8.01. The number of ether oxygens (including phenoxy) is 1. The van der Waals surface area contributed by atoms with Crippen LogP contribution in [0.5, 0.6) is 0 Å². The molecule has 0 bridgehead atoms. The number of hydrogen-bond donors (Lipinski definition) is 1. The molecule has 0 aliphatic carbocycles. The fourth-order valence-electron chi connectivity index (χ4n) is 3.34. The Labute approximate surface area is 116 Å². The predicted molar refractivity (Wildman–Crippen MR) is 76.0 cm³/mol. The van der Waals surface area contributed by atoms with Gasteiger partial charge in [-0.1, -0.05) is 13.8 Å². The average molecular weight is 268 g/mol. The van der Waals surface area contributed by atoms with E-state index in [-0.39, 0.29) is 5.41 Å². The van der Waals surface area contributed by atoms with Crippen molar-refractivity contribution in [3.8, 4) is 0 Å². The van der Waals surface area contributed by atoms with Crippen molar-refractivity contribution in [1.82, 2.24) is 10.2 Å². The van der Waals surface area contributed by atoms with Crippen LogP contribution in [0.4, 0.5) is 0 Å². The molecule has 1 unspecified atom stereocenters. The molecule has 1 atom stereocenters. The summed E-state index contributed by atoms with van der Waals surface area (Å²) in [5.41, 5.74) is -0.243. The molecule has 4 nitrogen and oxygen atoms in total. The van der Waals surface area contributed by atoms with E-state index in [4.69, 9.17) is 4.74 Å². The summed E-state index contributed by atoms with van der Waals surface area (Å²) in [6, 6.07) is 0. The lowest BCUT2D eigenvalue weighted by Gasteiger charge is -2.41. The zero-order chi connectivity index (χ0) is 13.9. The summed E-state index contributed by atoms with van der Waals surface area (Å²) in [4.78, 5) is 14.8. The largest absolute Gasteiger partial charge is 0.381 e. The fourth-order valence-corrected chi connectivity index (χ4v) is 3.34. The zero-order valence-electron chi connectivity index (χ0n) is 12.6. The van der Waals surface area contributed by atoms with Crippen LogP contribution < -0.4 is 5.32 Å². The Kier molecular flexibility index (Phi) is 4.85. The van der Waals surface area contributed by atoms with E-state index in [2.05, 4.69) is 19.2 Å². The van der Waals surface area contributed by atoms with Crippen molar-refractivity contribution in [2.24, 2.45) is 11.3 Å². The molecule has 0 aromatic rings. The highest BCUT2D eigenvalue weighted by atomic mass is 16.5. The first-order chi connectivity index (χ1) is 9.05. The third kappa shape index (κ3) is 3.29. The van der Waals surface area contributed by atoms with Gasteiger partial charge in [-0.05, 0) is 44.7 Å². The zero-order valence-corrected chi connectivity index (χ0v) is 12.6. The number of carbonyl (C=O) groups is 1. The van der Waals surface area contributed by atoms with Gasteiger partial charge in [0, 0.05) is 25.6 Å². The Hall–Kier alpha value is -0.610. The number of amides is 1. The molecule has 2 saturated heterocycles. The molecule has 0 aromatic carbocycles. The van der Waals surface area contributed by atoms with Crippen LogP contribution in [0.1, 0.15) is 39.5 Å². The second-order valence-corrected chi connectivity index (χ2v) is 6.49. The number of likely N-dealkylation sites (tertiary alicyclic amines) is 1. The summed E-state index contributed by atoms with van der Waals surface area (Å²) in [5.74, 6) is 0.796. The first-order valence-corrected chi connectivity index (χ1v) is 7.58. The standard InChI is InChI=1S/C15H28N2O2/c1-15(2,12-5-4-8-16-11-12)14(18)17-9-6-13(19-3)7-10-17/h12-13,16H,4-11H2,1-3H3. The molecule has 1 N–H and O–H groups in total. The molecule has 0 spiro atoms. The van der Waals surface area contributed by atoms with Gasteiger partial charge in [-0.3, -0.25) is 4.79 Å². The van der Waals surface area contributed by atoms with Gasteiger partial charge in [-0.15, -0.1) is 0 Å². The molecule has 0 saturated carbocycles. The maximum atomic E-state index is 12.8. The van der Waals surface area contributed by atoms with Gasteiger partial charge in [0.05, 0.1) is 6.10 Å². The molecule has 0 aromatic heterocycles. The fraction of sp³-hybridized carbons (Fsp3) is 0.933. The Morgan fingerprint density at radius 3 is 2.47 bits per heavy atom. The number of carbonyl (C=O) groups excluding carboxylic acids is 1. The van der Waals surface area contributed by atoms with Crippen LogP contribution in [0.3, 0.4) is 0 Å². The van der Waals surface area contributed by atoms with Gasteiger partial charge < -0.3 is 15.0 Å². The minimum absolute atomic E-state index is 0.243. The Morgan fingerprint density at radius 1 is 1.26 bits per heavy atom. The van der Waals surface area contributed by atoms with Crippen LogP contribution in [-0.2, 0) is 9.53 Å². The van der Waals surface area contributed by atoms with Crippen LogP contribution in [-0.4, -0.2) is 50.2 Å². The maximum absolute atomic E-state index is 12.8. The molecule has 0 radical (unpaired) electrons. The van der Waals surface area contributed by atoms with Gasteiger partial charge in [0.15, 0.2) is 0 Å². The van der Waals surface area contributed by atoms with E-state index in [0.29, 0.717) is 17.9 Å². The molecular formula is C15H28N2O2. The number of hydrogen-bond acceptors (Lipinski definition) is 3. The van der Waals surface area contributed by atoms with Crippen molar-refractivity contribution < 1.29 is 9.53 Å². The van der Waals surface area contributed by atoms with Crippen molar-refractivity contribution in [2.45, 2.75) is 45.6 Å². The van der Waals surface area contributed by atoms with E-state index in [1.54, 1.807) is 7.11 Å². The lowest BCUT2D eigenvalue weighted by atomic mass is 9.73. The van der Waals surface area contributed by atoms with Crippen LogP contribution in [0.2, 0.25) is 0 Å². The number of piperidine rings is 2. The highest BCUT2D eigenvalue weighted by Crippen LogP contribution is 2.34. The molecule has 19 heavy (non-hydrogen) atoms. The van der Waals surface area contributed by atoms with E-state index < -0.39 is 0 Å². The highest BCUT2D eigenvalue weighted by molar-refractivity contribution is 5.82. The number of nitrogens with one attached hydrogen (secondary N) is 1. The lowest BCUT2D eigenvalue weighted by molar-refractivity contribution is -0.146. The third-order valence-electron chi connectivity index (χ3n) is 4.93. The van der Waals surface area contributed by atoms with Gasteiger partial charge in [-0.2, -0.15) is 0 Å². The van der Waals surface area contributed by atoms with E-state index in [0.717, 1.165) is 39.0 Å². The summed E-state index contributed by atoms with van der Waals surface area (Å²) < 4.78 is 5.37. The summed E-state index contributed by atoms with van der Waals surface area (Å²) >= 11 is 0. The van der Waals surface area contributed by atoms with Crippen LogP contribution in [0, 0.1) is 11.3 Å². The van der Waals surface area contributed by atoms with Crippen molar-refractivity contribution >= 4 is 5.91 Å². The second-order valence-electron chi connectivity index (χ2n) is 6.49. The second kappa shape index (κ2) is 6.23. The van der Waals surface area contributed by atoms with E-state index in [9.17, 15) is 4.79 Å². The van der Waals surface area contributed by atoms with Crippen LogP contribution in [0.25, 0.3) is 0 Å². The molecule has 2 heterocycles. The summed E-state index contributed by atoms with van der Waals surface area (Å²) in [7, 11) is 1.76. The van der Waals surface area contributed by atoms with Crippen molar-refractivity contribution in [1.29, 1.82) is 0 Å². The first-order valence-electron chi connectivity index (χ1n) is 7.58. The molecule has 2 fully saturated rings. The Bertz CT molecular complexity index is 303. The van der Waals surface area contributed by atoms with Crippen LogP contribution in [0.15, 0.2) is 0 Å². The quantitative estimate of drug-likeness (QED) is 0.846. The highest BCUT2D eigenvalue weighted by Gasteiger charge is 2.40. The molecule has 2 aliphatic rings. The average Bonchev–Trinajstić information content (AvgIpc) is 2.47. The molecule has 110 valence electrons. The summed E-state index contributed by atoms with van der Waals surface area (Å²) in [5, 5.41) is 3.42. The molecule has 1 amide bonds. The third-order valence-corrected chi connectivity index (χ3v) is 4.93. The Balaban J connectivity index is 1.94. The molecule has 2 rings (SSSR count). The summed E-state index contributed by atoms with van der Waals surface area (Å²) in [6.07, 6.45) is 4.64. The smallest absolute Gasteiger partial charge is 0.228 e. The van der Waals surface area contributed by atoms with Gasteiger partial charge in [0.25, 0.3) is 0 Å². The normalized spacial score (nSPS) is 26.5. The van der Waals surface area contributed by atoms with E-state index in [1.807, 2.05) is 4.90 Å². The monoisotopic (exact) mass is 268 g/mol. The van der Waals surface area contributed by atoms with Gasteiger partial charge >= 0.3 is 0 Å². The van der Waals surface area contributed by atoms with Crippen molar-refractivity contribution in [3.63, 3.8) is 0 Å². The first kappa shape index (κ1) is 14.8. The van der Waals surface area contributed by atoms with Gasteiger partial charge in [0.2, 0.25) is 5.91 Å². The molecular weight excluding hydrogens is 240 g/mol. The SMILES string of the molecule is COC1CCN(C(=O)C(C)(C)C2CCCNC2)CC1. The lowest BCUT2D eigenvalue weighted by Crippen LogP contribution is -2.51. The van der Waals surface area contributed by atoms with E-state index in [1.165, 1.54) is 12.8 Å². The topological polar surface area (TPSA) is 41.6 Å². The maximum Gasteiger partial charge on any atom is 0.228 e. The van der Waals surface area contributed by atoms with Crippen LogP contribution >= 0.6 is 0 Å². The Morgan fingerprint density at radius 2 is 1.95 bits per heavy atom. The molecule has 4 heteroatoms. The van der Waals surface area contributed by atoms with Gasteiger partial charge in [-0.25, -0.2) is 0 Å². The van der Waals surface area contributed by atoms with Crippen molar-refractivity contribution in [2.75, 3.05) is 33.3 Å². The number of rotatable bonds is 3. The predicted octanol–water partition coefficient (Wildman–Crippen LogP) is 1.65.